The van der Waals surface area contributed by atoms with E-state index >= 15 is 0 Å². The molecule has 0 aliphatic heterocycles. The predicted molar refractivity (Wildman–Crippen MR) is 67.7 cm³/mol. The summed E-state index contributed by atoms with van der Waals surface area (Å²) in [6.07, 6.45) is 2.01. The van der Waals surface area contributed by atoms with Crippen LogP contribution in [0.15, 0.2) is 24.3 Å². The fourth-order valence-corrected chi connectivity index (χ4v) is 3.40. The van der Waals surface area contributed by atoms with Crippen LogP contribution < -0.4 is 10.5 Å². The third-order valence-corrected chi connectivity index (χ3v) is 4.43. The van der Waals surface area contributed by atoms with Crippen LogP contribution in [0.5, 0.6) is 0 Å². The van der Waals surface area contributed by atoms with Crippen LogP contribution in [0.2, 0.25) is 0 Å². The van der Waals surface area contributed by atoms with Crippen molar-refractivity contribution in [3.63, 3.8) is 0 Å². The summed E-state index contributed by atoms with van der Waals surface area (Å²) in [7, 11) is -3.54. The Balaban J connectivity index is 2.05. The van der Waals surface area contributed by atoms with Crippen LogP contribution in [-0.2, 0) is 15.8 Å². The lowest BCUT2D eigenvalue weighted by Crippen LogP contribution is -2.42. The first-order valence-corrected chi connectivity index (χ1v) is 7.60. The monoisotopic (exact) mass is 272 g/mol. The lowest BCUT2D eigenvalue weighted by molar-refractivity contribution is 0.517. The lowest BCUT2D eigenvalue weighted by atomic mass is 10.2. The van der Waals surface area contributed by atoms with Crippen molar-refractivity contribution in [2.45, 2.75) is 24.6 Å². The molecular formula is C12H17FN2O2S. The van der Waals surface area contributed by atoms with Crippen molar-refractivity contribution in [3.8, 4) is 0 Å². The first-order valence-electron chi connectivity index (χ1n) is 5.95. The van der Waals surface area contributed by atoms with Gasteiger partial charge in [0.25, 0.3) is 0 Å². The van der Waals surface area contributed by atoms with Gasteiger partial charge in [-0.15, -0.1) is 0 Å². The van der Waals surface area contributed by atoms with Crippen LogP contribution in [0.3, 0.4) is 0 Å². The standard InChI is InChI=1S/C12H17FN2O2S/c13-11-4-2-1-3-10(11)8-18(16,17)15-12(7-14)9-5-6-9/h1-4,9,12,15H,5-8,14H2/t12-/m0/s1. The minimum atomic E-state index is -3.54. The maximum absolute atomic E-state index is 13.4. The Bertz CT molecular complexity index is 515. The molecule has 1 aliphatic rings. The smallest absolute Gasteiger partial charge is 0.216 e. The van der Waals surface area contributed by atoms with E-state index in [0.717, 1.165) is 12.8 Å². The van der Waals surface area contributed by atoms with Crippen molar-refractivity contribution in [2.75, 3.05) is 6.54 Å². The molecule has 0 unspecified atom stereocenters. The molecule has 1 aromatic carbocycles. The van der Waals surface area contributed by atoms with Crippen molar-refractivity contribution in [2.24, 2.45) is 11.7 Å². The average molecular weight is 272 g/mol. The van der Waals surface area contributed by atoms with Crippen molar-refractivity contribution >= 4 is 10.0 Å². The molecule has 6 heteroatoms. The Labute approximate surface area is 106 Å². The summed E-state index contributed by atoms with van der Waals surface area (Å²) in [5.41, 5.74) is 5.72. The fraction of sp³-hybridized carbons (Fsp3) is 0.500. The second-order valence-electron chi connectivity index (χ2n) is 4.65. The molecule has 18 heavy (non-hydrogen) atoms. The quantitative estimate of drug-likeness (QED) is 0.811. The maximum Gasteiger partial charge on any atom is 0.216 e. The molecule has 0 radical (unpaired) electrons. The molecule has 1 aliphatic carbocycles. The van der Waals surface area contributed by atoms with Gasteiger partial charge in [-0.25, -0.2) is 17.5 Å². The van der Waals surface area contributed by atoms with E-state index in [0.29, 0.717) is 5.92 Å². The van der Waals surface area contributed by atoms with Crippen molar-refractivity contribution in [1.82, 2.24) is 4.72 Å². The van der Waals surface area contributed by atoms with Gasteiger partial charge < -0.3 is 5.73 Å². The molecule has 0 bridgehead atoms. The van der Waals surface area contributed by atoms with Crippen molar-refractivity contribution in [1.29, 1.82) is 0 Å². The first kappa shape index (κ1) is 13.5. The van der Waals surface area contributed by atoms with Crippen LogP contribution in [0, 0.1) is 11.7 Å². The van der Waals surface area contributed by atoms with Gasteiger partial charge in [-0.3, -0.25) is 0 Å². The summed E-state index contributed by atoms with van der Waals surface area (Å²) in [5, 5.41) is 0. The molecule has 3 N–H and O–H groups in total. The SMILES string of the molecule is NC[C@H](NS(=O)(=O)Cc1ccccc1F)C1CC1. The zero-order valence-corrected chi connectivity index (χ0v) is 10.8. The molecular weight excluding hydrogens is 255 g/mol. The van der Waals surface area contributed by atoms with Gasteiger partial charge in [0.1, 0.15) is 5.82 Å². The highest BCUT2D eigenvalue weighted by molar-refractivity contribution is 7.88. The van der Waals surface area contributed by atoms with Gasteiger partial charge >= 0.3 is 0 Å². The van der Waals surface area contributed by atoms with Gasteiger partial charge in [0.15, 0.2) is 0 Å². The summed E-state index contributed by atoms with van der Waals surface area (Å²) in [6.45, 7) is 0.279. The van der Waals surface area contributed by atoms with E-state index in [9.17, 15) is 12.8 Å². The fourth-order valence-electron chi connectivity index (χ4n) is 1.93. The number of halogens is 1. The molecule has 100 valence electrons. The van der Waals surface area contributed by atoms with Gasteiger partial charge in [0.2, 0.25) is 10.0 Å². The third-order valence-electron chi connectivity index (χ3n) is 3.08. The molecule has 1 saturated carbocycles. The molecule has 1 aromatic rings. The van der Waals surface area contributed by atoms with Crippen molar-refractivity contribution < 1.29 is 12.8 Å². The highest BCUT2D eigenvalue weighted by atomic mass is 32.2. The predicted octanol–water partition coefficient (Wildman–Crippen LogP) is 0.982. The van der Waals surface area contributed by atoms with E-state index in [2.05, 4.69) is 4.72 Å². The summed E-state index contributed by atoms with van der Waals surface area (Å²) >= 11 is 0. The maximum atomic E-state index is 13.4. The largest absolute Gasteiger partial charge is 0.329 e. The molecule has 1 atom stereocenters. The Morgan fingerprint density at radius 2 is 2.06 bits per heavy atom. The van der Waals surface area contributed by atoms with E-state index in [1.165, 1.54) is 18.2 Å². The number of nitrogens with two attached hydrogens (primary N) is 1. The summed E-state index contributed by atoms with van der Waals surface area (Å²) in [6, 6.07) is 5.66. The zero-order valence-electron chi connectivity index (χ0n) is 9.97. The lowest BCUT2D eigenvalue weighted by Gasteiger charge is -2.16. The minimum absolute atomic E-state index is 0.177. The molecule has 4 nitrogen and oxygen atoms in total. The number of sulfonamides is 1. The van der Waals surface area contributed by atoms with Crippen LogP contribution in [0.1, 0.15) is 18.4 Å². The van der Waals surface area contributed by atoms with Crippen LogP contribution in [0.4, 0.5) is 4.39 Å². The van der Waals surface area contributed by atoms with Crippen LogP contribution >= 0.6 is 0 Å². The number of hydrogen-bond donors (Lipinski definition) is 2. The molecule has 1 fully saturated rings. The Hall–Kier alpha value is -0.980. The zero-order chi connectivity index (χ0) is 13.2. The highest BCUT2D eigenvalue weighted by Gasteiger charge is 2.33. The van der Waals surface area contributed by atoms with Gasteiger partial charge in [0, 0.05) is 18.2 Å². The van der Waals surface area contributed by atoms with Crippen LogP contribution in [-0.4, -0.2) is 21.0 Å². The number of benzene rings is 1. The van der Waals surface area contributed by atoms with E-state index in [-0.39, 0.29) is 23.9 Å². The Morgan fingerprint density at radius 1 is 1.39 bits per heavy atom. The normalized spacial score (nSPS) is 17.7. The second kappa shape index (κ2) is 5.34. The van der Waals surface area contributed by atoms with Crippen molar-refractivity contribution in [3.05, 3.63) is 35.6 Å². The first-order chi connectivity index (χ1) is 8.52. The molecule has 0 heterocycles. The molecule has 0 spiro atoms. The summed E-state index contributed by atoms with van der Waals surface area (Å²) in [4.78, 5) is 0. The van der Waals surface area contributed by atoms with Crippen LogP contribution in [0.25, 0.3) is 0 Å². The van der Waals surface area contributed by atoms with E-state index in [1.54, 1.807) is 6.07 Å². The third kappa shape index (κ3) is 3.51. The second-order valence-corrected chi connectivity index (χ2v) is 6.40. The van der Waals surface area contributed by atoms with Gasteiger partial charge in [-0.05, 0) is 24.8 Å². The van der Waals surface area contributed by atoms with E-state index in [4.69, 9.17) is 5.73 Å². The molecule has 2 rings (SSSR count). The molecule has 0 amide bonds. The van der Waals surface area contributed by atoms with Gasteiger partial charge in [-0.1, -0.05) is 18.2 Å². The highest BCUT2D eigenvalue weighted by Crippen LogP contribution is 2.32. The molecule has 0 saturated heterocycles. The molecule has 0 aromatic heterocycles. The van der Waals surface area contributed by atoms with E-state index in [1.807, 2.05) is 0 Å². The van der Waals surface area contributed by atoms with Gasteiger partial charge in [0.05, 0.1) is 5.75 Å². The number of rotatable bonds is 6. The number of nitrogens with one attached hydrogen (secondary N) is 1. The van der Waals surface area contributed by atoms with Gasteiger partial charge in [-0.2, -0.15) is 0 Å². The number of hydrogen-bond acceptors (Lipinski definition) is 3. The Morgan fingerprint density at radius 3 is 2.61 bits per heavy atom. The average Bonchev–Trinajstić information content (AvgIpc) is 3.13. The Kier molecular flexibility index (Phi) is 3.99. The topological polar surface area (TPSA) is 72.2 Å². The van der Waals surface area contributed by atoms with E-state index < -0.39 is 15.8 Å². The summed E-state index contributed by atoms with van der Waals surface area (Å²) in [5.74, 6) is -0.507. The minimum Gasteiger partial charge on any atom is -0.329 e. The summed E-state index contributed by atoms with van der Waals surface area (Å²) < 4.78 is 39.8.